The second kappa shape index (κ2) is 9.43. The maximum Gasteiger partial charge on any atom is 0.416 e. The van der Waals surface area contributed by atoms with Crippen molar-refractivity contribution in [2.45, 2.75) is 31.1 Å². The van der Waals surface area contributed by atoms with Crippen LogP contribution in [0.2, 0.25) is 0 Å². The monoisotopic (exact) mass is 473 g/mol. The van der Waals surface area contributed by atoms with Gasteiger partial charge in [-0.2, -0.15) is 26.3 Å². The van der Waals surface area contributed by atoms with Gasteiger partial charge in [-0.3, -0.25) is 9.69 Å². The van der Waals surface area contributed by atoms with Gasteiger partial charge in [0.25, 0.3) is 0 Å². The van der Waals surface area contributed by atoms with Crippen LogP contribution in [0.15, 0.2) is 36.4 Å². The van der Waals surface area contributed by atoms with Crippen molar-refractivity contribution >= 4 is 11.6 Å². The SMILES string of the molecule is COCC#CCN1C(=O)C(c2ccc(C(F)(F)F)cc2C(F)(F)F)CCc2cc(F)ccc21. The molecule has 1 heterocycles. The van der Waals surface area contributed by atoms with E-state index in [4.69, 9.17) is 4.74 Å². The molecule has 176 valence electrons. The fourth-order valence-electron chi connectivity index (χ4n) is 3.74. The van der Waals surface area contributed by atoms with E-state index in [9.17, 15) is 35.5 Å². The molecule has 0 radical (unpaired) electrons. The third-order valence-corrected chi connectivity index (χ3v) is 5.24. The summed E-state index contributed by atoms with van der Waals surface area (Å²) < 4.78 is 98.9. The van der Waals surface area contributed by atoms with Gasteiger partial charge < -0.3 is 4.74 Å². The highest BCUT2D eigenvalue weighted by Crippen LogP contribution is 2.42. The molecule has 0 fully saturated rings. The standard InChI is InChI=1S/C23H18F7NO2/c1-33-11-3-2-10-31-20-9-6-16(24)12-14(20)4-7-18(21(31)32)17-8-5-15(22(25,26)27)13-19(17)23(28,29)30/h5-6,8-9,12-13,18H,4,7,10-11H2,1H3. The second-order valence-corrected chi connectivity index (χ2v) is 7.37. The molecule has 1 atom stereocenters. The Morgan fingerprint density at radius 1 is 1.03 bits per heavy atom. The molecule has 0 saturated carbocycles. The first kappa shape index (κ1) is 24.6. The summed E-state index contributed by atoms with van der Waals surface area (Å²) in [4.78, 5) is 14.5. The summed E-state index contributed by atoms with van der Waals surface area (Å²) in [5, 5.41) is 0. The minimum atomic E-state index is -5.12. The van der Waals surface area contributed by atoms with E-state index in [0.717, 1.165) is 11.0 Å². The first-order valence-corrected chi connectivity index (χ1v) is 9.76. The van der Waals surface area contributed by atoms with Gasteiger partial charge in [0.1, 0.15) is 12.4 Å². The molecule has 0 aromatic heterocycles. The third-order valence-electron chi connectivity index (χ3n) is 5.24. The Bertz CT molecular complexity index is 1100. The van der Waals surface area contributed by atoms with E-state index in [-0.39, 0.29) is 37.7 Å². The summed E-state index contributed by atoms with van der Waals surface area (Å²) >= 11 is 0. The van der Waals surface area contributed by atoms with Crippen molar-refractivity contribution in [2.24, 2.45) is 0 Å². The molecule has 2 aromatic carbocycles. The Balaban J connectivity index is 2.11. The van der Waals surface area contributed by atoms with Crippen LogP contribution in [0.3, 0.4) is 0 Å². The van der Waals surface area contributed by atoms with E-state index in [1.807, 2.05) is 0 Å². The lowest BCUT2D eigenvalue weighted by Gasteiger charge is -2.26. The number of halogens is 7. The largest absolute Gasteiger partial charge is 0.416 e. The van der Waals surface area contributed by atoms with Gasteiger partial charge in [-0.25, -0.2) is 4.39 Å². The molecule has 0 aliphatic carbocycles. The Hall–Kier alpha value is -3.06. The Kier molecular flexibility index (Phi) is 7.03. The normalized spacial score (nSPS) is 16.7. The van der Waals surface area contributed by atoms with Crippen LogP contribution in [0.1, 0.15) is 34.6 Å². The average Bonchev–Trinajstić information content (AvgIpc) is 2.85. The number of amides is 1. The highest BCUT2D eigenvalue weighted by Gasteiger charge is 2.42. The van der Waals surface area contributed by atoms with E-state index in [0.29, 0.717) is 17.7 Å². The lowest BCUT2D eigenvalue weighted by atomic mass is 9.88. The quantitative estimate of drug-likeness (QED) is 0.431. The molecule has 0 saturated heterocycles. The number of aryl methyl sites for hydroxylation is 1. The number of fused-ring (bicyclic) bond motifs is 1. The Morgan fingerprint density at radius 2 is 1.76 bits per heavy atom. The lowest BCUT2D eigenvalue weighted by molar-refractivity contribution is -0.143. The number of benzene rings is 2. The Labute approximate surface area is 185 Å². The smallest absolute Gasteiger partial charge is 0.372 e. The van der Waals surface area contributed by atoms with Gasteiger partial charge in [-0.15, -0.1) is 0 Å². The van der Waals surface area contributed by atoms with Gasteiger partial charge in [-0.1, -0.05) is 17.9 Å². The number of carbonyl (C=O) groups is 1. The van der Waals surface area contributed by atoms with Crippen LogP contribution in [0.5, 0.6) is 0 Å². The predicted molar refractivity (Wildman–Crippen MR) is 106 cm³/mol. The molecule has 0 bridgehead atoms. The maximum atomic E-state index is 13.8. The summed E-state index contributed by atoms with van der Waals surface area (Å²) in [6.45, 7) is -0.155. The first-order chi connectivity index (χ1) is 15.4. The molecule has 0 spiro atoms. The second-order valence-electron chi connectivity index (χ2n) is 7.37. The number of carbonyl (C=O) groups excluding carboxylic acids is 1. The zero-order chi connectivity index (χ0) is 24.4. The molecule has 33 heavy (non-hydrogen) atoms. The number of nitrogens with zero attached hydrogens (tertiary/aromatic N) is 1. The van der Waals surface area contributed by atoms with E-state index in [1.54, 1.807) is 0 Å². The molecule has 1 aliphatic rings. The summed E-state index contributed by atoms with van der Waals surface area (Å²) in [6, 6.07) is 4.86. The summed E-state index contributed by atoms with van der Waals surface area (Å²) in [5.74, 6) is 2.56. The highest BCUT2D eigenvalue weighted by molar-refractivity contribution is 6.00. The van der Waals surface area contributed by atoms with Gasteiger partial charge in [0, 0.05) is 12.8 Å². The molecular formula is C23H18F7NO2. The minimum absolute atomic E-state index is 0.0169. The number of ether oxygens (including phenoxy) is 1. The lowest BCUT2D eigenvalue weighted by Crippen LogP contribution is -2.35. The first-order valence-electron chi connectivity index (χ1n) is 9.76. The van der Waals surface area contributed by atoms with Gasteiger partial charge in [0.05, 0.1) is 23.6 Å². The molecule has 2 aromatic rings. The van der Waals surface area contributed by atoms with Crippen molar-refractivity contribution in [1.82, 2.24) is 0 Å². The van der Waals surface area contributed by atoms with E-state index in [2.05, 4.69) is 11.8 Å². The van der Waals surface area contributed by atoms with Gasteiger partial charge >= 0.3 is 12.4 Å². The highest BCUT2D eigenvalue weighted by atomic mass is 19.4. The minimum Gasteiger partial charge on any atom is -0.372 e. The van der Waals surface area contributed by atoms with Crippen molar-refractivity contribution in [2.75, 3.05) is 25.2 Å². The number of hydrogen-bond acceptors (Lipinski definition) is 2. The van der Waals surface area contributed by atoms with Crippen molar-refractivity contribution in [3.8, 4) is 11.8 Å². The summed E-state index contributed by atoms with van der Waals surface area (Å²) in [7, 11) is 1.41. The fourth-order valence-corrected chi connectivity index (χ4v) is 3.74. The van der Waals surface area contributed by atoms with Crippen LogP contribution in [0.4, 0.5) is 36.4 Å². The number of hydrogen-bond donors (Lipinski definition) is 0. The van der Waals surface area contributed by atoms with Gasteiger partial charge in [0.15, 0.2) is 0 Å². The number of alkyl halides is 6. The number of rotatable bonds is 3. The molecule has 10 heteroatoms. The summed E-state index contributed by atoms with van der Waals surface area (Å²) in [5.41, 5.74) is -2.88. The van der Waals surface area contributed by atoms with Crippen LogP contribution in [0, 0.1) is 17.7 Å². The van der Waals surface area contributed by atoms with E-state index < -0.39 is 46.7 Å². The third kappa shape index (κ3) is 5.47. The fraction of sp³-hybridized carbons (Fsp3) is 0.348. The maximum absolute atomic E-state index is 13.8. The molecular weight excluding hydrogens is 455 g/mol. The van der Waals surface area contributed by atoms with Crippen LogP contribution in [-0.4, -0.2) is 26.2 Å². The number of methoxy groups -OCH3 is 1. The van der Waals surface area contributed by atoms with Gasteiger partial charge in [-0.05, 0) is 54.3 Å². The predicted octanol–water partition coefficient (Wildman–Crippen LogP) is 5.58. The molecule has 0 N–H and O–H groups in total. The van der Waals surface area contributed by atoms with Crippen molar-refractivity contribution in [1.29, 1.82) is 0 Å². The van der Waals surface area contributed by atoms with Gasteiger partial charge in [0.2, 0.25) is 5.91 Å². The van der Waals surface area contributed by atoms with Crippen molar-refractivity contribution in [3.63, 3.8) is 0 Å². The van der Waals surface area contributed by atoms with Crippen molar-refractivity contribution < 1.29 is 40.3 Å². The molecule has 3 rings (SSSR count). The van der Waals surface area contributed by atoms with Crippen LogP contribution in [0.25, 0.3) is 0 Å². The van der Waals surface area contributed by atoms with E-state index in [1.165, 1.54) is 19.2 Å². The van der Waals surface area contributed by atoms with Crippen LogP contribution < -0.4 is 4.90 Å². The van der Waals surface area contributed by atoms with Crippen LogP contribution >= 0.6 is 0 Å². The van der Waals surface area contributed by atoms with E-state index >= 15 is 0 Å². The Morgan fingerprint density at radius 3 is 2.39 bits per heavy atom. The zero-order valence-electron chi connectivity index (χ0n) is 17.3. The van der Waals surface area contributed by atoms with Crippen LogP contribution in [-0.2, 0) is 28.3 Å². The van der Waals surface area contributed by atoms with Crippen molar-refractivity contribution in [3.05, 3.63) is 64.5 Å². The molecule has 1 aliphatic heterocycles. The molecule has 1 amide bonds. The molecule has 1 unspecified atom stereocenters. The molecule has 3 nitrogen and oxygen atoms in total. The topological polar surface area (TPSA) is 29.5 Å². The number of anilines is 1. The summed E-state index contributed by atoms with van der Waals surface area (Å²) in [6.07, 6.45) is -10.2. The average molecular weight is 473 g/mol. The zero-order valence-corrected chi connectivity index (χ0v) is 17.3.